The molecule has 0 unspecified atom stereocenters. The van der Waals surface area contributed by atoms with Gasteiger partial charge in [-0.2, -0.15) is 10.5 Å². The summed E-state index contributed by atoms with van der Waals surface area (Å²) in [5.41, 5.74) is 0.313. The monoisotopic (exact) mass is 335 g/mol. The first-order valence-electron chi connectivity index (χ1n) is 8.05. The van der Waals surface area contributed by atoms with E-state index in [-0.39, 0.29) is 23.9 Å². The van der Waals surface area contributed by atoms with Crippen molar-refractivity contribution in [2.75, 3.05) is 18.6 Å². The number of aromatic nitrogens is 1. The van der Waals surface area contributed by atoms with Gasteiger partial charge in [0.15, 0.2) is 0 Å². The summed E-state index contributed by atoms with van der Waals surface area (Å²) in [6.07, 6.45) is 2.60. The molecule has 126 valence electrons. The number of hydrazine groups is 1. The van der Waals surface area contributed by atoms with Gasteiger partial charge < -0.3 is 4.98 Å². The first kappa shape index (κ1) is 16.5. The van der Waals surface area contributed by atoms with Crippen LogP contribution < -0.4 is 10.6 Å². The van der Waals surface area contributed by atoms with Crippen LogP contribution in [0.1, 0.15) is 24.8 Å². The highest BCUT2D eigenvalue weighted by Crippen LogP contribution is 2.32. The van der Waals surface area contributed by atoms with E-state index >= 15 is 0 Å². The van der Waals surface area contributed by atoms with Crippen LogP contribution in [0.4, 0.5) is 5.69 Å². The normalized spacial score (nSPS) is 13.6. The number of hydrogen-bond donors (Lipinski definition) is 1. The number of amides is 1. The largest absolute Gasteiger partial charge is 0.321 e. The second-order valence-electron chi connectivity index (χ2n) is 6.04. The van der Waals surface area contributed by atoms with Crippen molar-refractivity contribution in [1.82, 2.24) is 9.99 Å². The molecule has 0 bridgehead atoms. The van der Waals surface area contributed by atoms with Gasteiger partial charge in [-0.3, -0.25) is 14.6 Å². The smallest absolute Gasteiger partial charge is 0.268 e. The van der Waals surface area contributed by atoms with E-state index in [1.165, 1.54) is 10.0 Å². The summed E-state index contributed by atoms with van der Waals surface area (Å²) in [4.78, 5) is 27.7. The van der Waals surface area contributed by atoms with Gasteiger partial charge in [-0.05, 0) is 18.9 Å². The van der Waals surface area contributed by atoms with Crippen molar-refractivity contribution in [2.24, 2.45) is 5.92 Å². The number of nitrogens with zero attached hydrogens (tertiary/aromatic N) is 4. The molecule has 1 amide bonds. The fourth-order valence-electron chi connectivity index (χ4n) is 3.05. The lowest BCUT2D eigenvalue weighted by Gasteiger charge is -2.37. The molecule has 1 aliphatic rings. The number of carbonyl (C=O) groups is 1. The second kappa shape index (κ2) is 6.66. The highest BCUT2D eigenvalue weighted by atomic mass is 16.2. The lowest BCUT2D eigenvalue weighted by atomic mass is 9.84. The number of carbonyl (C=O) groups excluding carboxylic acids is 1. The Kier molecular flexibility index (Phi) is 4.40. The first-order valence-corrected chi connectivity index (χ1v) is 8.05. The molecule has 7 heteroatoms. The van der Waals surface area contributed by atoms with Gasteiger partial charge in [0.2, 0.25) is 5.91 Å². The minimum atomic E-state index is -0.518. The Morgan fingerprint density at radius 3 is 2.64 bits per heavy atom. The van der Waals surface area contributed by atoms with E-state index in [2.05, 4.69) is 4.98 Å². The molecule has 0 aliphatic heterocycles. The van der Waals surface area contributed by atoms with E-state index < -0.39 is 5.56 Å². The highest BCUT2D eigenvalue weighted by Gasteiger charge is 2.32. The topological polar surface area (TPSA) is 104 Å². The number of H-pyrrole nitrogens is 1. The van der Waals surface area contributed by atoms with Crippen molar-refractivity contribution in [3.05, 3.63) is 40.2 Å². The van der Waals surface area contributed by atoms with Crippen LogP contribution >= 0.6 is 0 Å². The van der Waals surface area contributed by atoms with E-state index in [1.807, 2.05) is 12.1 Å². The number of hydrogen-bond acceptors (Lipinski definition) is 5. The molecule has 0 atom stereocenters. The zero-order valence-electron chi connectivity index (χ0n) is 13.8. The van der Waals surface area contributed by atoms with E-state index in [0.717, 1.165) is 19.3 Å². The number of rotatable bonds is 4. The summed E-state index contributed by atoms with van der Waals surface area (Å²) in [5.74, 6) is -0.252. The first-order chi connectivity index (χ1) is 12.1. The molecule has 1 N–H and O–H groups in total. The second-order valence-corrected chi connectivity index (χ2v) is 6.04. The van der Waals surface area contributed by atoms with E-state index in [4.69, 9.17) is 5.26 Å². The van der Waals surface area contributed by atoms with Crippen LogP contribution in [0.5, 0.6) is 0 Å². The number of aromatic amines is 1. The predicted octanol–water partition coefficient (Wildman–Crippen LogP) is 1.90. The van der Waals surface area contributed by atoms with Gasteiger partial charge in [0.25, 0.3) is 5.56 Å². The van der Waals surface area contributed by atoms with Gasteiger partial charge in [-0.1, -0.05) is 24.6 Å². The molecule has 0 radical (unpaired) electrons. The van der Waals surface area contributed by atoms with Crippen molar-refractivity contribution < 1.29 is 4.79 Å². The van der Waals surface area contributed by atoms with Crippen LogP contribution in [-0.4, -0.2) is 29.5 Å². The van der Waals surface area contributed by atoms with Crippen molar-refractivity contribution in [3.8, 4) is 12.1 Å². The third-order valence-electron chi connectivity index (χ3n) is 4.62. The molecule has 1 heterocycles. The zero-order chi connectivity index (χ0) is 18.0. The summed E-state index contributed by atoms with van der Waals surface area (Å²) < 4.78 is 0. The quantitative estimate of drug-likeness (QED) is 0.679. The Balaban J connectivity index is 2.15. The van der Waals surface area contributed by atoms with Gasteiger partial charge >= 0.3 is 0 Å². The third kappa shape index (κ3) is 2.81. The molecule has 1 aliphatic carbocycles. The summed E-state index contributed by atoms with van der Waals surface area (Å²) in [7, 11) is 1.61. The van der Waals surface area contributed by atoms with Gasteiger partial charge in [0.05, 0.1) is 17.3 Å². The zero-order valence-corrected chi connectivity index (χ0v) is 13.8. The van der Waals surface area contributed by atoms with E-state index in [9.17, 15) is 14.9 Å². The molecule has 1 aromatic heterocycles. The lowest BCUT2D eigenvalue weighted by molar-refractivity contribution is -0.137. The van der Waals surface area contributed by atoms with E-state index in [1.54, 1.807) is 31.3 Å². The Morgan fingerprint density at radius 1 is 1.32 bits per heavy atom. The van der Waals surface area contributed by atoms with Crippen molar-refractivity contribution in [1.29, 1.82) is 10.5 Å². The number of anilines is 1. The minimum absolute atomic E-state index is 0.0782. The predicted molar refractivity (Wildman–Crippen MR) is 92.4 cm³/mol. The number of para-hydroxylation sites is 1. The fourth-order valence-corrected chi connectivity index (χ4v) is 3.05. The average molecular weight is 335 g/mol. The van der Waals surface area contributed by atoms with Crippen LogP contribution in [0.2, 0.25) is 0 Å². The molecule has 2 aromatic rings. The molecule has 1 fully saturated rings. The van der Waals surface area contributed by atoms with Crippen molar-refractivity contribution in [2.45, 2.75) is 19.3 Å². The Hall–Kier alpha value is -3.32. The van der Waals surface area contributed by atoms with Gasteiger partial charge in [0, 0.05) is 18.4 Å². The Labute approximate surface area is 144 Å². The van der Waals surface area contributed by atoms with Gasteiger partial charge in [-0.15, -0.1) is 0 Å². The SMILES string of the molecule is CN(c1c(C#N)c(=O)[nH]c2ccccc12)N(CC#N)C(=O)C1CCC1. The number of benzene rings is 1. The summed E-state index contributed by atoms with van der Waals surface area (Å²) >= 11 is 0. The van der Waals surface area contributed by atoms with Crippen LogP contribution in [0.25, 0.3) is 10.9 Å². The number of pyridine rings is 1. The van der Waals surface area contributed by atoms with E-state index in [0.29, 0.717) is 16.6 Å². The van der Waals surface area contributed by atoms with Gasteiger partial charge in [0.1, 0.15) is 18.2 Å². The minimum Gasteiger partial charge on any atom is -0.321 e. The van der Waals surface area contributed by atoms with Crippen molar-refractivity contribution >= 4 is 22.5 Å². The fraction of sp³-hybridized carbons (Fsp3) is 0.333. The number of fused-ring (bicyclic) bond motifs is 1. The van der Waals surface area contributed by atoms with Gasteiger partial charge in [-0.25, -0.2) is 5.01 Å². The molecule has 1 aromatic carbocycles. The van der Waals surface area contributed by atoms with Crippen molar-refractivity contribution in [3.63, 3.8) is 0 Å². The van der Waals surface area contributed by atoms with Crippen LogP contribution in [0.15, 0.2) is 29.1 Å². The summed E-state index contributed by atoms with van der Waals surface area (Å²) in [6.45, 7) is -0.141. The summed E-state index contributed by atoms with van der Waals surface area (Å²) in [6, 6.07) is 11.0. The standard InChI is InChI=1S/C18H17N5O2/c1-22(23(10-9-19)18(25)12-5-4-6-12)16-13-7-2-3-8-15(13)21-17(24)14(16)11-20/h2-3,7-8,12H,4-6,10H2,1H3,(H,21,24). The molecule has 25 heavy (non-hydrogen) atoms. The maximum Gasteiger partial charge on any atom is 0.268 e. The molecule has 3 rings (SSSR count). The number of nitrogens with one attached hydrogen (secondary N) is 1. The maximum absolute atomic E-state index is 12.7. The molecular formula is C18H17N5O2. The van der Waals surface area contributed by atoms with Crippen LogP contribution in [0, 0.1) is 28.6 Å². The molecule has 1 saturated carbocycles. The Bertz CT molecular complexity index is 962. The molecule has 0 spiro atoms. The highest BCUT2D eigenvalue weighted by molar-refractivity contribution is 5.95. The van der Waals surface area contributed by atoms with Crippen LogP contribution in [0.3, 0.4) is 0 Å². The lowest BCUT2D eigenvalue weighted by Crippen LogP contribution is -2.49. The third-order valence-corrected chi connectivity index (χ3v) is 4.62. The molecular weight excluding hydrogens is 318 g/mol. The van der Waals surface area contributed by atoms with Crippen LogP contribution in [-0.2, 0) is 4.79 Å². The molecule has 7 nitrogen and oxygen atoms in total. The number of nitriles is 2. The maximum atomic E-state index is 12.7. The average Bonchev–Trinajstić information content (AvgIpc) is 2.56. The summed E-state index contributed by atoms with van der Waals surface area (Å²) in [5, 5.41) is 22.0. The Morgan fingerprint density at radius 2 is 2.04 bits per heavy atom. The molecule has 0 saturated heterocycles.